The molecule has 84 valence electrons. The van der Waals surface area contributed by atoms with Crippen LogP contribution in [0.5, 0.6) is 0 Å². The van der Waals surface area contributed by atoms with Crippen LogP contribution in [0.25, 0.3) is 0 Å². The number of rotatable bonds is 3. The Balaban J connectivity index is 3.10. The van der Waals surface area contributed by atoms with E-state index >= 15 is 0 Å². The molecule has 1 unspecified atom stereocenters. The predicted molar refractivity (Wildman–Crippen MR) is 54.3 cm³/mol. The lowest BCUT2D eigenvalue weighted by atomic mass is 10.0. The molecule has 1 atom stereocenters. The van der Waals surface area contributed by atoms with E-state index in [1.54, 1.807) is 0 Å². The Hall–Kier alpha value is -0.550. The van der Waals surface area contributed by atoms with Crippen LogP contribution >= 0.6 is 15.9 Å². The van der Waals surface area contributed by atoms with E-state index in [9.17, 15) is 18.3 Å². The summed E-state index contributed by atoms with van der Waals surface area (Å²) in [5.74, 6) is -4.15. The van der Waals surface area contributed by atoms with Gasteiger partial charge >= 0.3 is 0 Å². The Labute approximate surface area is 94.0 Å². The molecule has 1 aromatic carbocycles. The van der Waals surface area contributed by atoms with E-state index in [0.29, 0.717) is 4.47 Å². The molecule has 0 aliphatic rings. The lowest BCUT2D eigenvalue weighted by Gasteiger charge is -2.21. The third-order valence-electron chi connectivity index (χ3n) is 2.12. The van der Waals surface area contributed by atoms with Crippen LogP contribution in [0.1, 0.15) is 25.0 Å². The van der Waals surface area contributed by atoms with Crippen molar-refractivity contribution in [3.8, 4) is 0 Å². The van der Waals surface area contributed by atoms with Crippen molar-refractivity contribution in [3.63, 3.8) is 0 Å². The van der Waals surface area contributed by atoms with Gasteiger partial charge in [-0.25, -0.2) is 13.2 Å². The maximum absolute atomic E-state index is 13.2. The smallest absolute Gasteiger partial charge is 0.277 e. The molecule has 1 nitrogen and oxygen atoms in total. The molecule has 0 heterocycles. The Morgan fingerprint density at radius 1 is 1.47 bits per heavy atom. The Kier molecular flexibility index (Phi) is 3.78. The molecule has 1 N–H and O–H groups in total. The van der Waals surface area contributed by atoms with E-state index in [-0.39, 0.29) is 0 Å². The number of benzene rings is 1. The minimum absolute atomic E-state index is 0.392. The average Bonchev–Trinajstić information content (AvgIpc) is 2.20. The zero-order chi connectivity index (χ0) is 11.6. The molecule has 1 rings (SSSR count). The van der Waals surface area contributed by atoms with Gasteiger partial charge in [-0.3, -0.25) is 0 Å². The van der Waals surface area contributed by atoms with Crippen molar-refractivity contribution < 1.29 is 18.3 Å². The summed E-state index contributed by atoms with van der Waals surface area (Å²) in [5, 5.41) is 9.34. The Morgan fingerprint density at radius 3 is 2.60 bits per heavy atom. The van der Waals surface area contributed by atoms with Gasteiger partial charge in [-0.1, -0.05) is 22.9 Å². The summed E-state index contributed by atoms with van der Waals surface area (Å²) in [4.78, 5) is 0. The van der Waals surface area contributed by atoms with Gasteiger partial charge in [0, 0.05) is 16.5 Å². The largest absolute Gasteiger partial charge is 0.382 e. The summed E-state index contributed by atoms with van der Waals surface area (Å²) in [6.45, 7) is 1.24. The fourth-order valence-corrected chi connectivity index (χ4v) is 1.52. The molecule has 0 saturated carbocycles. The van der Waals surface area contributed by atoms with Crippen molar-refractivity contribution in [1.82, 2.24) is 0 Å². The summed E-state index contributed by atoms with van der Waals surface area (Å²) in [6, 6.07) is 3.58. The summed E-state index contributed by atoms with van der Waals surface area (Å²) >= 11 is 3.03. The van der Waals surface area contributed by atoms with Crippen molar-refractivity contribution in [2.75, 3.05) is 0 Å². The average molecular weight is 283 g/mol. The number of alkyl halides is 2. The minimum Gasteiger partial charge on any atom is -0.382 e. The second-order valence-electron chi connectivity index (χ2n) is 3.18. The van der Waals surface area contributed by atoms with Crippen LogP contribution < -0.4 is 0 Å². The minimum atomic E-state index is -3.32. The molecule has 0 radical (unpaired) electrons. The second-order valence-corrected chi connectivity index (χ2v) is 4.10. The zero-order valence-electron chi connectivity index (χ0n) is 7.98. The predicted octanol–water partition coefficient (Wildman–Crippen LogP) is 3.67. The SMILES string of the molecule is CCC(F)(F)C(O)c1cc(Br)ccc1F. The fourth-order valence-electron chi connectivity index (χ4n) is 1.15. The standard InChI is InChI=1S/C10H10BrF3O/c1-2-10(13,14)9(15)7-5-6(11)3-4-8(7)12/h3-5,9,15H,2H2,1H3. The number of aliphatic hydroxyl groups is 1. The van der Waals surface area contributed by atoms with E-state index in [4.69, 9.17) is 0 Å². The lowest BCUT2D eigenvalue weighted by molar-refractivity contribution is -0.114. The molecule has 0 spiro atoms. The van der Waals surface area contributed by atoms with Gasteiger partial charge in [-0.2, -0.15) is 0 Å². The molecule has 0 amide bonds. The van der Waals surface area contributed by atoms with Crippen LogP contribution in [0.4, 0.5) is 13.2 Å². The van der Waals surface area contributed by atoms with Gasteiger partial charge in [0.15, 0.2) is 0 Å². The molecule has 0 bridgehead atoms. The van der Waals surface area contributed by atoms with Crippen LogP contribution in [0.3, 0.4) is 0 Å². The molecule has 0 saturated heterocycles. The first-order chi connectivity index (χ1) is 6.88. The number of aliphatic hydroxyl groups excluding tert-OH is 1. The van der Waals surface area contributed by atoms with E-state index in [1.807, 2.05) is 0 Å². The van der Waals surface area contributed by atoms with Crippen LogP contribution in [-0.4, -0.2) is 11.0 Å². The van der Waals surface area contributed by atoms with Crippen molar-refractivity contribution >= 4 is 15.9 Å². The summed E-state index contributed by atoms with van der Waals surface area (Å²) in [7, 11) is 0. The molecule has 0 aliphatic carbocycles. The normalized spacial score (nSPS) is 14.0. The van der Waals surface area contributed by atoms with Gasteiger partial charge in [-0.15, -0.1) is 0 Å². The highest BCUT2D eigenvalue weighted by Gasteiger charge is 2.38. The van der Waals surface area contributed by atoms with E-state index < -0.39 is 29.8 Å². The van der Waals surface area contributed by atoms with Crippen molar-refractivity contribution in [2.45, 2.75) is 25.4 Å². The zero-order valence-corrected chi connectivity index (χ0v) is 9.56. The van der Waals surface area contributed by atoms with Crippen molar-refractivity contribution in [2.24, 2.45) is 0 Å². The van der Waals surface area contributed by atoms with Gasteiger partial charge in [-0.05, 0) is 18.2 Å². The molecule has 15 heavy (non-hydrogen) atoms. The van der Waals surface area contributed by atoms with Gasteiger partial charge in [0.1, 0.15) is 11.9 Å². The maximum atomic E-state index is 13.2. The van der Waals surface area contributed by atoms with Crippen LogP contribution in [0.15, 0.2) is 22.7 Å². The Morgan fingerprint density at radius 2 is 2.07 bits per heavy atom. The summed E-state index contributed by atoms with van der Waals surface area (Å²) in [6.07, 6.45) is -2.65. The van der Waals surface area contributed by atoms with E-state index in [0.717, 1.165) is 12.1 Å². The van der Waals surface area contributed by atoms with Gasteiger partial charge < -0.3 is 5.11 Å². The number of hydrogen-bond donors (Lipinski definition) is 1. The molecule has 5 heteroatoms. The van der Waals surface area contributed by atoms with Crippen LogP contribution in [0, 0.1) is 5.82 Å². The van der Waals surface area contributed by atoms with Gasteiger partial charge in [0.2, 0.25) is 0 Å². The fraction of sp³-hybridized carbons (Fsp3) is 0.400. The second kappa shape index (κ2) is 4.53. The van der Waals surface area contributed by atoms with E-state index in [1.165, 1.54) is 13.0 Å². The summed E-state index contributed by atoms with van der Waals surface area (Å²) in [5.41, 5.74) is -0.392. The Bertz CT molecular complexity index is 355. The first kappa shape index (κ1) is 12.5. The molecule has 0 fully saturated rings. The topological polar surface area (TPSA) is 20.2 Å². The van der Waals surface area contributed by atoms with Crippen molar-refractivity contribution in [1.29, 1.82) is 0 Å². The first-order valence-corrected chi connectivity index (χ1v) is 5.18. The number of halogens is 4. The maximum Gasteiger partial charge on any atom is 0.277 e. The first-order valence-electron chi connectivity index (χ1n) is 4.39. The lowest BCUT2D eigenvalue weighted by Crippen LogP contribution is -2.25. The summed E-state index contributed by atoms with van der Waals surface area (Å²) < 4.78 is 39.8. The van der Waals surface area contributed by atoms with Crippen LogP contribution in [0.2, 0.25) is 0 Å². The van der Waals surface area contributed by atoms with Gasteiger partial charge in [0.25, 0.3) is 5.92 Å². The van der Waals surface area contributed by atoms with Crippen LogP contribution in [-0.2, 0) is 0 Å². The quantitative estimate of drug-likeness (QED) is 0.897. The highest BCUT2D eigenvalue weighted by atomic mass is 79.9. The molecule has 0 aromatic heterocycles. The van der Waals surface area contributed by atoms with Gasteiger partial charge in [0.05, 0.1) is 0 Å². The highest BCUT2D eigenvalue weighted by Crippen LogP contribution is 2.35. The number of hydrogen-bond acceptors (Lipinski definition) is 1. The molecular formula is C10H10BrF3O. The molecular weight excluding hydrogens is 273 g/mol. The third kappa shape index (κ3) is 2.72. The van der Waals surface area contributed by atoms with E-state index in [2.05, 4.69) is 15.9 Å². The highest BCUT2D eigenvalue weighted by molar-refractivity contribution is 9.10. The third-order valence-corrected chi connectivity index (χ3v) is 2.62. The van der Waals surface area contributed by atoms with Crippen molar-refractivity contribution in [3.05, 3.63) is 34.1 Å². The monoisotopic (exact) mass is 282 g/mol. The molecule has 0 aliphatic heterocycles. The molecule has 1 aromatic rings.